The Kier molecular flexibility index (Phi) is 6.81. The van der Waals surface area contributed by atoms with Gasteiger partial charge in [-0.15, -0.1) is 0 Å². The van der Waals surface area contributed by atoms with Crippen LogP contribution in [-0.4, -0.2) is 30.4 Å². The van der Waals surface area contributed by atoms with Gasteiger partial charge in [-0.2, -0.15) is 0 Å². The zero-order valence-corrected chi connectivity index (χ0v) is 19.2. The molecule has 164 valence electrons. The molecule has 0 unspecified atom stereocenters. The molecular weight excluding hydrogens is 418 g/mol. The van der Waals surface area contributed by atoms with Crippen LogP contribution in [0.1, 0.15) is 35.7 Å². The third-order valence-electron chi connectivity index (χ3n) is 5.46. The number of amides is 3. The Labute approximate surface area is 193 Å². The maximum absolute atomic E-state index is 13.6. The molecular formula is C26H27N3O2S. The van der Waals surface area contributed by atoms with Crippen molar-refractivity contribution in [3.05, 3.63) is 83.9 Å². The molecule has 0 aliphatic carbocycles. The summed E-state index contributed by atoms with van der Waals surface area (Å²) in [6.07, 6.45) is 1.99. The van der Waals surface area contributed by atoms with Gasteiger partial charge in [0.25, 0.3) is 5.91 Å². The Balaban J connectivity index is 1.69. The molecule has 0 radical (unpaired) electrons. The highest BCUT2D eigenvalue weighted by Crippen LogP contribution is 2.43. The molecule has 32 heavy (non-hydrogen) atoms. The lowest BCUT2D eigenvalue weighted by Gasteiger charge is -2.24. The van der Waals surface area contributed by atoms with Crippen molar-refractivity contribution >= 4 is 35.1 Å². The van der Waals surface area contributed by atoms with Crippen molar-refractivity contribution in [2.75, 3.05) is 23.8 Å². The molecule has 6 heteroatoms. The molecule has 0 bridgehead atoms. The summed E-state index contributed by atoms with van der Waals surface area (Å²) in [6, 6.07) is 23.3. The SMILES string of the molecule is CCCCN(C)C(=O)Nc1ccc2c(c1)N(Cc1ccccc1)C(=O)c1ccccc1S2. The highest BCUT2D eigenvalue weighted by atomic mass is 32.2. The molecule has 5 nitrogen and oxygen atoms in total. The molecule has 1 aliphatic rings. The van der Waals surface area contributed by atoms with E-state index in [1.807, 2.05) is 72.8 Å². The van der Waals surface area contributed by atoms with Gasteiger partial charge in [0.05, 0.1) is 17.8 Å². The van der Waals surface area contributed by atoms with Crippen LogP contribution in [0.5, 0.6) is 0 Å². The van der Waals surface area contributed by atoms with Crippen LogP contribution < -0.4 is 10.2 Å². The van der Waals surface area contributed by atoms with E-state index in [1.54, 1.807) is 28.6 Å². The van der Waals surface area contributed by atoms with E-state index in [0.717, 1.165) is 33.9 Å². The van der Waals surface area contributed by atoms with E-state index in [2.05, 4.69) is 12.2 Å². The van der Waals surface area contributed by atoms with E-state index in [4.69, 9.17) is 0 Å². The van der Waals surface area contributed by atoms with Crippen molar-refractivity contribution < 1.29 is 9.59 Å². The average Bonchev–Trinajstić information content (AvgIpc) is 2.93. The normalized spacial score (nSPS) is 12.6. The van der Waals surface area contributed by atoms with Crippen LogP contribution >= 0.6 is 11.8 Å². The van der Waals surface area contributed by atoms with Gasteiger partial charge in [0.1, 0.15) is 0 Å². The van der Waals surface area contributed by atoms with Crippen molar-refractivity contribution in [1.82, 2.24) is 4.90 Å². The fourth-order valence-corrected chi connectivity index (χ4v) is 4.70. The summed E-state index contributed by atoms with van der Waals surface area (Å²) < 4.78 is 0. The second-order valence-corrected chi connectivity index (χ2v) is 8.95. The van der Waals surface area contributed by atoms with Gasteiger partial charge in [0.2, 0.25) is 0 Å². The molecule has 1 N–H and O–H groups in total. The largest absolute Gasteiger partial charge is 0.328 e. The Hall–Kier alpha value is -3.25. The molecule has 0 saturated carbocycles. The van der Waals surface area contributed by atoms with Gasteiger partial charge in [-0.25, -0.2) is 4.79 Å². The molecule has 0 aromatic heterocycles. The monoisotopic (exact) mass is 445 g/mol. The molecule has 3 aromatic rings. The second kappa shape index (κ2) is 9.92. The number of benzene rings is 3. The molecule has 0 fully saturated rings. The third-order valence-corrected chi connectivity index (χ3v) is 6.60. The van der Waals surface area contributed by atoms with Gasteiger partial charge in [-0.1, -0.05) is 67.6 Å². The minimum absolute atomic E-state index is 0.0424. The third kappa shape index (κ3) is 4.81. The van der Waals surface area contributed by atoms with Crippen molar-refractivity contribution in [1.29, 1.82) is 0 Å². The van der Waals surface area contributed by atoms with E-state index >= 15 is 0 Å². The summed E-state index contributed by atoms with van der Waals surface area (Å²) in [5.41, 5.74) is 3.21. The lowest BCUT2D eigenvalue weighted by Crippen LogP contribution is -2.32. The van der Waals surface area contributed by atoms with E-state index in [9.17, 15) is 9.59 Å². The Bertz CT molecular complexity index is 1120. The van der Waals surface area contributed by atoms with Gasteiger partial charge in [0, 0.05) is 29.1 Å². The number of urea groups is 1. The van der Waals surface area contributed by atoms with Crippen molar-refractivity contribution in [2.24, 2.45) is 0 Å². The summed E-state index contributed by atoms with van der Waals surface area (Å²) >= 11 is 1.58. The number of rotatable bonds is 6. The summed E-state index contributed by atoms with van der Waals surface area (Å²) in [5.74, 6) is -0.0424. The number of unbranched alkanes of at least 4 members (excludes halogenated alkanes) is 1. The van der Waals surface area contributed by atoms with E-state index in [-0.39, 0.29) is 11.9 Å². The number of hydrogen-bond donors (Lipinski definition) is 1. The summed E-state index contributed by atoms with van der Waals surface area (Å²) in [7, 11) is 1.80. The van der Waals surface area contributed by atoms with Crippen molar-refractivity contribution in [3.63, 3.8) is 0 Å². The minimum Gasteiger partial charge on any atom is -0.328 e. The number of nitrogens with zero attached hydrogens (tertiary/aromatic N) is 2. The molecule has 1 heterocycles. The predicted octanol–water partition coefficient (Wildman–Crippen LogP) is 6.26. The molecule has 3 amide bonds. The van der Waals surface area contributed by atoms with Crippen LogP contribution in [-0.2, 0) is 6.54 Å². The molecule has 4 rings (SSSR count). The van der Waals surface area contributed by atoms with Crippen LogP contribution in [0.25, 0.3) is 0 Å². The van der Waals surface area contributed by atoms with Crippen molar-refractivity contribution in [3.8, 4) is 0 Å². The molecule has 3 aromatic carbocycles. The van der Waals surface area contributed by atoms with E-state index in [1.165, 1.54) is 0 Å². The fourth-order valence-electron chi connectivity index (χ4n) is 3.64. The zero-order valence-electron chi connectivity index (χ0n) is 18.4. The number of nitrogens with one attached hydrogen (secondary N) is 1. The highest BCUT2D eigenvalue weighted by molar-refractivity contribution is 7.99. The van der Waals surface area contributed by atoms with Gasteiger partial charge < -0.3 is 15.1 Å². The van der Waals surface area contributed by atoms with Crippen LogP contribution in [0, 0.1) is 0 Å². The van der Waals surface area contributed by atoms with Gasteiger partial charge in [0.15, 0.2) is 0 Å². The maximum Gasteiger partial charge on any atom is 0.321 e. The molecule has 1 aliphatic heterocycles. The number of anilines is 2. The summed E-state index contributed by atoms with van der Waals surface area (Å²) in [4.78, 5) is 31.6. The molecule has 0 saturated heterocycles. The number of fused-ring (bicyclic) bond motifs is 2. The fraction of sp³-hybridized carbons (Fsp3) is 0.231. The smallest absolute Gasteiger partial charge is 0.321 e. The minimum atomic E-state index is -0.149. The van der Waals surface area contributed by atoms with E-state index in [0.29, 0.717) is 24.3 Å². The molecule has 0 atom stereocenters. The lowest BCUT2D eigenvalue weighted by atomic mass is 10.1. The maximum atomic E-state index is 13.6. The Morgan fingerprint density at radius 2 is 1.75 bits per heavy atom. The Morgan fingerprint density at radius 1 is 1.00 bits per heavy atom. The van der Waals surface area contributed by atoms with Gasteiger partial charge in [-0.05, 0) is 42.3 Å². The summed E-state index contributed by atoms with van der Waals surface area (Å²) in [6.45, 7) is 3.26. The van der Waals surface area contributed by atoms with Crippen molar-refractivity contribution in [2.45, 2.75) is 36.1 Å². The first-order valence-corrected chi connectivity index (χ1v) is 11.7. The van der Waals surface area contributed by atoms with Crippen LogP contribution in [0.15, 0.2) is 82.6 Å². The average molecular weight is 446 g/mol. The molecule has 0 spiro atoms. The van der Waals surface area contributed by atoms with E-state index < -0.39 is 0 Å². The standard InChI is InChI=1S/C26H27N3O2S/c1-3-4-16-28(2)26(31)27-20-14-15-24-22(17-20)29(18-19-10-6-5-7-11-19)25(30)21-12-8-9-13-23(21)32-24/h5-15,17H,3-4,16,18H2,1-2H3,(H,27,31). The second-order valence-electron chi connectivity index (χ2n) is 7.86. The number of carbonyl (C=O) groups excluding carboxylic acids is 2. The highest BCUT2D eigenvalue weighted by Gasteiger charge is 2.27. The topological polar surface area (TPSA) is 52.7 Å². The first-order valence-electron chi connectivity index (χ1n) is 10.9. The summed E-state index contributed by atoms with van der Waals surface area (Å²) in [5, 5.41) is 2.98. The van der Waals surface area contributed by atoms with Crippen LogP contribution in [0.4, 0.5) is 16.2 Å². The first-order chi connectivity index (χ1) is 15.6. The van der Waals surface area contributed by atoms with Crippen LogP contribution in [0.3, 0.4) is 0 Å². The quantitative estimate of drug-likeness (QED) is 0.487. The number of hydrogen-bond acceptors (Lipinski definition) is 3. The Morgan fingerprint density at radius 3 is 2.53 bits per heavy atom. The lowest BCUT2D eigenvalue weighted by molar-refractivity contribution is 0.0982. The zero-order chi connectivity index (χ0) is 22.5. The van der Waals surface area contributed by atoms with Gasteiger partial charge in [-0.3, -0.25) is 4.79 Å². The number of carbonyl (C=O) groups is 2. The van der Waals surface area contributed by atoms with Crippen LogP contribution in [0.2, 0.25) is 0 Å². The van der Waals surface area contributed by atoms with Gasteiger partial charge >= 0.3 is 6.03 Å². The predicted molar refractivity (Wildman–Crippen MR) is 131 cm³/mol. The first kappa shape index (κ1) is 22.0.